The average molecular weight is 224 g/mol. The van der Waals surface area contributed by atoms with Crippen LogP contribution in [-0.4, -0.2) is 4.98 Å². The highest BCUT2D eigenvalue weighted by atomic mass is 79.9. The van der Waals surface area contributed by atoms with Crippen LogP contribution in [0, 0.1) is 6.85 Å². The topological polar surface area (TPSA) is 12.9 Å². The first-order valence-corrected chi connectivity index (χ1v) is 3.59. The molecule has 0 bridgehead atoms. The van der Waals surface area contributed by atoms with Crippen LogP contribution in [0.2, 0.25) is 0 Å². The van der Waals surface area contributed by atoms with Gasteiger partial charge >= 0.3 is 0 Å². The second kappa shape index (κ2) is 3.35. The maximum atomic E-state index is 8.02. The molecule has 1 heterocycles. The van der Waals surface area contributed by atoms with Gasteiger partial charge in [0, 0.05) is 30.1 Å². The minimum absolute atomic E-state index is 0.0161. The summed E-state index contributed by atoms with van der Waals surface area (Å²) in [5.74, 6) is -3.15. The minimum Gasteiger partial charge on any atom is -0.261 e. The summed E-state index contributed by atoms with van der Waals surface area (Å²) < 4.78 is 74.8. The largest absolute Gasteiger partial charge is 0.261 e. The summed E-state index contributed by atoms with van der Waals surface area (Å²) in [6.07, 6.45) is 1.06. The molecule has 0 spiro atoms. The Morgan fingerprint density at radius 3 is 3.18 bits per heavy atom. The summed E-state index contributed by atoms with van der Waals surface area (Å²) in [4.78, 5) is 3.61. The standard InChI is InChI=1S/C9H12BrN/c1-6(2)9-7(3)8(10)4-5-11-9/h4-6H,1-3H3/i1D3,2D3,3D3,6D. The molecule has 11 heavy (non-hydrogen) atoms. The molecule has 0 radical (unpaired) electrons. The first kappa shape index (κ1) is 2.32. The molecule has 1 nitrogen and oxygen atoms in total. The molecule has 60 valence electrons. The van der Waals surface area contributed by atoms with E-state index in [0.717, 1.165) is 6.20 Å². The summed E-state index contributed by atoms with van der Waals surface area (Å²) in [7, 11) is 0. The molecule has 0 N–H and O–H groups in total. The monoisotopic (exact) mass is 223 g/mol. The lowest BCUT2D eigenvalue weighted by atomic mass is 10.1. The molecule has 1 rings (SSSR count). The van der Waals surface area contributed by atoms with Gasteiger partial charge in [0.05, 0.1) is 0 Å². The first-order valence-electron chi connectivity index (χ1n) is 7.79. The molecular weight excluding hydrogens is 202 g/mol. The van der Waals surface area contributed by atoms with Gasteiger partial charge in [-0.05, 0) is 24.4 Å². The summed E-state index contributed by atoms with van der Waals surface area (Å²) in [5, 5.41) is 0. The maximum Gasteiger partial charge on any atom is 0.0469 e. The maximum absolute atomic E-state index is 8.02. The van der Waals surface area contributed by atoms with Crippen molar-refractivity contribution in [3.05, 3.63) is 28.0 Å². The van der Waals surface area contributed by atoms with Crippen molar-refractivity contribution in [2.45, 2.75) is 26.4 Å². The number of halogens is 1. The van der Waals surface area contributed by atoms with Crippen molar-refractivity contribution in [3.8, 4) is 0 Å². The molecule has 0 amide bonds. The Bertz CT molecular complexity index is 515. The normalized spacial score (nSPS) is 28.5. The molecule has 0 unspecified atom stereocenters. The van der Waals surface area contributed by atoms with Gasteiger partial charge in [0.25, 0.3) is 0 Å². The third-order valence-electron chi connectivity index (χ3n) is 1.14. The number of hydrogen-bond donors (Lipinski definition) is 0. The lowest BCUT2D eigenvalue weighted by Crippen LogP contribution is -1.96. The zero-order valence-corrected chi connectivity index (χ0v) is 7.07. The Hall–Kier alpha value is -0.370. The van der Waals surface area contributed by atoms with E-state index in [2.05, 4.69) is 20.9 Å². The highest BCUT2D eigenvalue weighted by molar-refractivity contribution is 9.10. The second-order valence-electron chi connectivity index (χ2n) is 1.89. The lowest BCUT2D eigenvalue weighted by molar-refractivity contribution is 0.809. The Labute approximate surface area is 90.0 Å². The predicted octanol–water partition coefficient (Wildman–Crippen LogP) is 3.28. The Kier molecular flexibility index (Phi) is 0.706. The van der Waals surface area contributed by atoms with Gasteiger partial charge in [-0.2, -0.15) is 0 Å². The van der Waals surface area contributed by atoms with Crippen LogP contribution in [-0.2, 0) is 0 Å². The molecule has 1 aromatic rings. The number of nitrogens with zero attached hydrogens (tertiary/aromatic N) is 1. The summed E-state index contributed by atoms with van der Waals surface area (Å²) in [6, 6.07) is 1.25. The second-order valence-corrected chi connectivity index (χ2v) is 2.75. The number of rotatable bonds is 1. The van der Waals surface area contributed by atoms with Crippen molar-refractivity contribution in [1.82, 2.24) is 4.98 Å². The number of hydrogen-bond acceptors (Lipinski definition) is 1. The van der Waals surface area contributed by atoms with Crippen molar-refractivity contribution in [2.75, 3.05) is 0 Å². The highest BCUT2D eigenvalue weighted by Gasteiger charge is 2.05. The van der Waals surface area contributed by atoms with Gasteiger partial charge in [-0.25, -0.2) is 0 Å². The van der Waals surface area contributed by atoms with Crippen molar-refractivity contribution < 1.29 is 13.7 Å². The van der Waals surface area contributed by atoms with Crippen molar-refractivity contribution >= 4 is 15.9 Å². The first-order chi connectivity index (χ1) is 9.14. The smallest absolute Gasteiger partial charge is 0.0469 e. The van der Waals surface area contributed by atoms with E-state index in [4.69, 9.17) is 13.7 Å². The van der Waals surface area contributed by atoms with Gasteiger partial charge in [-0.1, -0.05) is 29.6 Å². The van der Waals surface area contributed by atoms with Crippen molar-refractivity contribution in [3.63, 3.8) is 0 Å². The molecular formula is C9H12BrN. The van der Waals surface area contributed by atoms with Crippen LogP contribution in [0.3, 0.4) is 0 Å². The van der Waals surface area contributed by atoms with Gasteiger partial charge in [0.15, 0.2) is 0 Å². The van der Waals surface area contributed by atoms with E-state index in [-0.39, 0.29) is 4.47 Å². The van der Waals surface area contributed by atoms with Gasteiger partial charge < -0.3 is 0 Å². The fourth-order valence-corrected chi connectivity index (χ4v) is 0.934. The van der Waals surface area contributed by atoms with E-state index in [9.17, 15) is 0 Å². The SMILES string of the molecule is [2H]C([2H])([2H])c1c(Br)ccnc1C([2H])(C([2H])([2H])[2H])C([2H])([2H])[2H]. The molecule has 0 fully saturated rings. The Balaban J connectivity index is 3.83. The molecule has 0 saturated carbocycles. The van der Waals surface area contributed by atoms with E-state index in [1.807, 2.05) is 0 Å². The van der Waals surface area contributed by atoms with Gasteiger partial charge in [0.2, 0.25) is 0 Å². The van der Waals surface area contributed by atoms with E-state index >= 15 is 0 Å². The van der Waals surface area contributed by atoms with Gasteiger partial charge in [0.1, 0.15) is 0 Å². The molecule has 1 aromatic heterocycles. The summed E-state index contributed by atoms with van der Waals surface area (Å²) >= 11 is 2.96. The van der Waals surface area contributed by atoms with Crippen molar-refractivity contribution in [1.29, 1.82) is 0 Å². The minimum atomic E-state index is -3.29. The summed E-state index contributed by atoms with van der Waals surface area (Å²) in [6.45, 7) is -9.39. The molecule has 0 aliphatic carbocycles. The fourth-order valence-electron chi connectivity index (χ4n) is 0.628. The third kappa shape index (κ3) is 1.80. The molecule has 0 atom stereocenters. The molecule has 2 heteroatoms. The van der Waals surface area contributed by atoms with Crippen LogP contribution in [0.5, 0.6) is 0 Å². The van der Waals surface area contributed by atoms with Crippen molar-refractivity contribution in [2.24, 2.45) is 0 Å². The van der Waals surface area contributed by atoms with E-state index in [1.165, 1.54) is 6.07 Å². The fraction of sp³-hybridized carbons (Fsp3) is 0.444. The summed E-state index contributed by atoms with van der Waals surface area (Å²) in [5.41, 5.74) is -1.37. The molecule has 0 aliphatic rings. The van der Waals surface area contributed by atoms with E-state index in [1.54, 1.807) is 0 Å². The third-order valence-corrected chi connectivity index (χ3v) is 1.80. The molecule has 0 aromatic carbocycles. The van der Waals surface area contributed by atoms with Crippen LogP contribution in [0.15, 0.2) is 16.7 Å². The molecule has 0 aliphatic heterocycles. The van der Waals surface area contributed by atoms with E-state index < -0.39 is 37.7 Å². The average Bonchev–Trinajstić information content (AvgIpc) is 2.22. The van der Waals surface area contributed by atoms with Crippen LogP contribution in [0.1, 0.15) is 44.6 Å². The zero-order chi connectivity index (χ0) is 16.9. The zero-order valence-electron chi connectivity index (χ0n) is 15.5. The molecule has 0 saturated heterocycles. The number of pyridine rings is 1. The van der Waals surface area contributed by atoms with Crippen LogP contribution in [0.4, 0.5) is 0 Å². The Morgan fingerprint density at radius 1 is 1.73 bits per heavy atom. The Morgan fingerprint density at radius 2 is 2.55 bits per heavy atom. The predicted molar refractivity (Wildman–Crippen MR) is 50.8 cm³/mol. The van der Waals surface area contributed by atoms with Gasteiger partial charge in [-0.15, -0.1) is 0 Å². The quantitative estimate of drug-likeness (QED) is 0.713. The van der Waals surface area contributed by atoms with Crippen LogP contribution < -0.4 is 0 Å². The number of aromatic nitrogens is 1. The van der Waals surface area contributed by atoms with Gasteiger partial charge in [-0.3, -0.25) is 4.98 Å². The lowest BCUT2D eigenvalue weighted by Gasteiger charge is -2.08. The van der Waals surface area contributed by atoms with Crippen LogP contribution >= 0.6 is 15.9 Å². The van der Waals surface area contributed by atoms with Crippen LogP contribution in [0.25, 0.3) is 0 Å². The highest BCUT2D eigenvalue weighted by Crippen LogP contribution is 2.22. The van der Waals surface area contributed by atoms with E-state index in [0.29, 0.717) is 0 Å².